The van der Waals surface area contributed by atoms with E-state index in [1.807, 2.05) is 6.92 Å². The zero-order chi connectivity index (χ0) is 14.7. The first-order valence-corrected chi connectivity index (χ1v) is 7.99. The largest absolute Gasteiger partial charge is 1.00 e. The van der Waals surface area contributed by atoms with Crippen LogP contribution in [0.15, 0.2) is 23.7 Å². The van der Waals surface area contributed by atoms with Crippen molar-refractivity contribution in [2.75, 3.05) is 13.1 Å². The smallest absolute Gasteiger partial charge is 0.347 e. The monoisotopic (exact) mass is 366 g/mol. The molecule has 0 amide bonds. The van der Waals surface area contributed by atoms with Gasteiger partial charge >= 0.3 is 17.1 Å². The number of hydrogen-bond donors (Lipinski definition) is 1. The molecule has 5 nitrogen and oxygen atoms in total. The van der Waals surface area contributed by atoms with Crippen LogP contribution in [0, 0.1) is 11.8 Å². The molecule has 7 heteroatoms. The third-order valence-electron chi connectivity index (χ3n) is 4.46. The maximum absolute atomic E-state index is 5.51. The molecule has 2 saturated heterocycles. The number of hydrogen-bond acceptors (Lipinski definition) is 4. The quantitative estimate of drug-likeness (QED) is 0.376. The Balaban J connectivity index is 0.00000176. The van der Waals surface area contributed by atoms with Crippen LogP contribution in [0.3, 0.4) is 0 Å². The Bertz CT molecular complexity index is 514. The Labute approximate surface area is 147 Å². The van der Waals surface area contributed by atoms with Crippen LogP contribution in [-0.2, 0) is 17.1 Å². The fourth-order valence-electron chi connectivity index (χ4n) is 3.21. The van der Waals surface area contributed by atoms with Crippen molar-refractivity contribution in [1.82, 2.24) is 20.3 Å². The molecule has 1 saturated carbocycles. The van der Waals surface area contributed by atoms with Crippen molar-refractivity contribution < 1.29 is 17.1 Å². The molecule has 1 N–H and O–H groups in total. The van der Waals surface area contributed by atoms with Crippen LogP contribution in [0.2, 0.25) is 0 Å². The standard InChI is InChI=1S/C15H21N5S.Cu/c1-11(14-8-16-6-7-17-14)18-19-15(21)20-9-12-2-3-13(10-20)5-4-12;/h6-8,12-13H,2-5,9-10H2,1H3,(H,19,21);/q;+1. The molecule has 2 aliphatic heterocycles. The van der Waals surface area contributed by atoms with Gasteiger partial charge < -0.3 is 4.90 Å². The number of nitrogens with one attached hydrogen (secondary N) is 1. The molecule has 4 rings (SSSR count). The molecule has 0 radical (unpaired) electrons. The van der Waals surface area contributed by atoms with E-state index in [0.29, 0.717) is 0 Å². The van der Waals surface area contributed by atoms with E-state index in [4.69, 9.17) is 12.2 Å². The second kappa shape index (κ2) is 7.99. The van der Waals surface area contributed by atoms with Gasteiger partial charge in [0.2, 0.25) is 0 Å². The van der Waals surface area contributed by atoms with Gasteiger partial charge in [0.25, 0.3) is 0 Å². The van der Waals surface area contributed by atoms with Gasteiger partial charge in [-0.2, -0.15) is 5.10 Å². The van der Waals surface area contributed by atoms with Crippen molar-refractivity contribution >= 4 is 23.0 Å². The van der Waals surface area contributed by atoms with Crippen LogP contribution in [0.4, 0.5) is 0 Å². The van der Waals surface area contributed by atoms with E-state index in [9.17, 15) is 0 Å². The Kier molecular flexibility index (Phi) is 6.29. The molecule has 1 aromatic heterocycles. The third-order valence-corrected chi connectivity index (χ3v) is 4.81. The number of rotatable bonds is 2. The molecule has 0 spiro atoms. The summed E-state index contributed by atoms with van der Waals surface area (Å²) in [5, 5.41) is 5.09. The van der Waals surface area contributed by atoms with E-state index in [1.165, 1.54) is 25.7 Å². The summed E-state index contributed by atoms with van der Waals surface area (Å²) >= 11 is 5.51. The van der Waals surface area contributed by atoms with Crippen molar-refractivity contribution in [3.8, 4) is 0 Å². The Morgan fingerprint density at radius 1 is 1.23 bits per heavy atom. The van der Waals surface area contributed by atoms with Gasteiger partial charge in [0.15, 0.2) is 5.11 Å². The minimum Gasteiger partial charge on any atom is -0.347 e. The molecule has 3 fully saturated rings. The van der Waals surface area contributed by atoms with Gasteiger partial charge in [-0.3, -0.25) is 15.4 Å². The zero-order valence-corrected chi connectivity index (χ0v) is 14.4. The van der Waals surface area contributed by atoms with Crippen molar-refractivity contribution in [2.45, 2.75) is 32.6 Å². The summed E-state index contributed by atoms with van der Waals surface area (Å²) in [5.41, 5.74) is 4.59. The van der Waals surface area contributed by atoms with Crippen LogP contribution in [-0.4, -0.2) is 38.8 Å². The van der Waals surface area contributed by atoms with E-state index in [0.717, 1.165) is 41.4 Å². The summed E-state index contributed by atoms with van der Waals surface area (Å²) in [6.45, 7) is 4.05. The Morgan fingerprint density at radius 2 is 1.86 bits per heavy atom. The number of hydrazone groups is 1. The van der Waals surface area contributed by atoms with Gasteiger partial charge in [-0.05, 0) is 56.7 Å². The van der Waals surface area contributed by atoms with Gasteiger partial charge in [0.1, 0.15) is 5.69 Å². The normalized spacial score (nSPS) is 24.4. The summed E-state index contributed by atoms with van der Waals surface area (Å²) in [7, 11) is 0. The summed E-state index contributed by atoms with van der Waals surface area (Å²) in [6, 6.07) is 0. The molecule has 0 atom stereocenters. The molecule has 0 unspecified atom stereocenters. The predicted molar refractivity (Wildman–Crippen MR) is 87.0 cm³/mol. The minimum absolute atomic E-state index is 0. The van der Waals surface area contributed by atoms with E-state index in [2.05, 4.69) is 25.4 Å². The van der Waals surface area contributed by atoms with Crippen LogP contribution < -0.4 is 5.43 Å². The maximum Gasteiger partial charge on any atom is 1.00 e. The fraction of sp³-hybridized carbons (Fsp3) is 0.600. The van der Waals surface area contributed by atoms with Crippen molar-refractivity contribution in [3.05, 3.63) is 24.3 Å². The topological polar surface area (TPSA) is 53.4 Å². The molecule has 0 aromatic carbocycles. The molecule has 2 bridgehead atoms. The molecule has 3 heterocycles. The summed E-state index contributed by atoms with van der Waals surface area (Å²) in [4.78, 5) is 10.6. The van der Waals surface area contributed by atoms with Crippen molar-refractivity contribution in [2.24, 2.45) is 16.9 Å². The first-order chi connectivity index (χ1) is 10.2. The molecule has 1 aromatic rings. The summed E-state index contributed by atoms with van der Waals surface area (Å²) in [5.74, 6) is 1.60. The molecule has 122 valence electrons. The van der Waals surface area contributed by atoms with Crippen LogP contribution in [0.1, 0.15) is 38.3 Å². The van der Waals surface area contributed by atoms with E-state index in [-0.39, 0.29) is 17.1 Å². The second-order valence-corrected chi connectivity index (χ2v) is 6.38. The maximum atomic E-state index is 5.51. The first kappa shape index (κ1) is 17.3. The second-order valence-electron chi connectivity index (χ2n) is 6.00. The van der Waals surface area contributed by atoms with Crippen molar-refractivity contribution in [1.29, 1.82) is 0 Å². The van der Waals surface area contributed by atoms with Gasteiger partial charge in [-0.25, -0.2) is 0 Å². The van der Waals surface area contributed by atoms with E-state index < -0.39 is 0 Å². The SMILES string of the molecule is CC(=NNC(=S)N1CC2CCC(CC2)C1)c1cnccn1.[Cu+]. The van der Waals surface area contributed by atoms with Crippen LogP contribution >= 0.6 is 12.2 Å². The van der Waals surface area contributed by atoms with Crippen molar-refractivity contribution in [3.63, 3.8) is 0 Å². The molecular formula is C15H21CuN5S+. The molecule has 22 heavy (non-hydrogen) atoms. The first-order valence-electron chi connectivity index (χ1n) is 7.58. The predicted octanol–water partition coefficient (Wildman–Crippen LogP) is 2.19. The zero-order valence-electron chi connectivity index (χ0n) is 12.6. The van der Waals surface area contributed by atoms with E-state index >= 15 is 0 Å². The van der Waals surface area contributed by atoms with E-state index in [1.54, 1.807) is 18.6 Å². The molecular weight excluding hydrogens is 346 g/mol. The molecule has 1 aliphatic carbocycles. The van der Waals surface area contributed by atoms with Crippen LogP contribution in [0.5, 0.6) is 0 Å². The van der Waals surface area contributed by atoms with Gasteiger partial charge in [0.05, 0.1) is 11.9 Å². The summed E-state index contributed by atoms with van der Waals surface area (Å²) in [6.07, 6.45) is 10.4. The van der Waals surface area contributed by atoms with Gasteiger partial charge in [-0.1, -0.05) is 0 Å². The number of fused-ring (bicyclic) bond motifs is 4. The Hall–Kier alpha value is -1.04. The van der Waals surface area contributed by atoms with Crippen LogP contribution in [0.25, 0.3) is 0 Å². The number of aromatic nitrogens is 2. The average Bonchev–Trinajstić information content (AvgIpc) is 2.87. The molecule has 3 aliphatic rings. The average molecular weight is 367 g/mol. The fourth-order valence-corrected chi connectivity index (χ4v) is 3.40. The van der Waals surface area contributed by atoms with Gasteiger partial charge in [-0.15, -0.1) is 0 Å². The summed E-state index contributed by atoms with van der Waals surface area (Å²) < 4.78 is 0. The number of thiocarbonyl (C=S) groups is 1. The minimum atomic E-state index is 0. The number of nitrogens with zero attached hydrogens (tertiary/aromatic N) is 4. The third kappa shape index (κ3) is 4.24. The Morgan fingerprint density at radius 3 is 2.41 bits per heavy atom. The van der Waals surface area contributed by atoms with Gasteiger partial charge in [0, 0.05) is 25.5 Å².